The smallest absolute Gasteiger partial charge is 0.318 e. The molecule has 6 nitrogen and oxygen atoms in total. The Kier molecular flexibility index (Phi) is 6.76. The molecule has 3 rings (SSSR count). The van der Waals surface area contributed by atoms with Crippen LogP contribution in [0.5, 0.6) is 0 Å². The molecule has 7 heteroatoms. The summed E-state index contributed by atoms with van der Waals surface area (Å²) in [6, 6.07) is 16.7. The summed E-state index contributed by atoms with van der Waals surface area (Å²) >= 11 is 6.10. The van der Waals surface area contributed by atoms with Crippen LogP contribution in [0, 0.1) is 0 Å². The molecule has 1 aliphatic heterocycles. The molecule has 28 heavy (non-hydrogen) atoms. The molecule has 1 fully saturated rings. The van der Waals surface area contributed by atoms with Gasteiger partial charge in [0.25, 0.3) is 0 Å². The van der Waals surface area contributed by atoms with Crippen LogP contribution in [-0.2, 0) is 11.3 Å². The van der Waals surface area contributed by atoms with Gasteiger partial charge in [-0.2, -0.15) is 0 Å². The predicted molar refractivity (Wildman–Crippen MR) is 112 cm³/mol. The number of benzene rings is 2. The number of nitrogens with zero attached hydrogens (tertiary/aromatic N) is 2. The molecule has 0 bridgehead atoms. The summed E-state index contributed by atoms with van der Waals surface area (Å²) in [6.45, 7) is 4.78. The SMILES string of the molecule is C[C@H](NC(=O)N1CCN(c2ccccc2)CC1)C(=O)NCc1ccccc1Cl. The van der Waals surface area contributed by atoms with Crippen molar-refractivity contribution in [2.45, 2.75) is 19.5 Å². The van der Waals surface area contributed by atoms with E-state index in [4.69, 9.17) is 11.6 Å². The Balaban J connectivity index is 1.44. The summed E-state index contributed by atoms with van der Waals surface area (Å²) in [5.74, 6) is -0.240. The monoisotopic (exact) mass is 400 g/mol. The molecule has 1 saturated heterocycles. The van der Waals surface area contributed by atoms with Crippen molar-refractivity contribution in [1.29, 1.82) is 0 Å². The van der Waals surface area contributed by atoms with E-state index in [-0.39, 0.29) is 11.9 Å². The lowest BCUT2D eigenvalue weighted by Crippen LogP contribution is -2.55. The molecule has 2 N–H and O–H groups in total. The highest BCUT2D eigenvalue weighted by Crippen LogP contribution is 2.16. The maximum atomic E-state index is 12.5. The van der Waals surface area contributed by atoms with Gasteiger partial charge in [-0.15, -0.1) is 0 Å². The van der Waals surface area contributed by atoms with Crippen LogP contribution in [0.1, 0.15) is 12.5 Å². The zero-order valence-corrected chi connectivity index (χ0v) is 16.7. The maximum Gasteiger partial charge on any atom is 0.318 e. The van der Waals surface area contributed by atoms with E-state index in [2.05, 4.69) is 27.7 Å². The Hall–Kier alpha value is -2.73. The molecule has 1 heterocycles. The highest BCUT2D eigenvalue weighted by Gasteiger charge is 2.24. The number of nitrogens with one attached hydrogen (secondary N) is 2. The average molecular weight is 401 g/mol. The fourth-order valence-electron chi connectivity index (χ4n) is 3.13. The van der Waals surface area contributed by atoms with E-state index in [1.54, 1.807) is 17.9 Å². The van der Waals surface area contributed by atoms with Gasteiger partial charge in [0, 0.05) is 43.4 Å². The van der Waals surface area contributed by atoms with Gasteiger partial charge in [-0.25, -0.2) is 4.79 Å². The van der Waals surface area contributed by atoms with Gasteiger partial charge in [0.1, 0.15) is 6.04 Å². The zero-order chi connectivity index (χ0) is 19.9. The minimum absolute atomic E-state index is 0.215. The minimum atomic E-state index is -0.623. The first-order valence-corrected chi connectivity index (χ1v) is 9.79. The molecule has 0 aliphatic carbocycles. The normalized spacial score (nSPS) is 15.1. The van der Waals surface area contributed by atoms with Gasteiger partial charge >= 0.3 is 6.03 Å². The van der Waals surface area contributed by atoms with Crippen LogP contribution in [0.15, 0.2) is 54.6 Å². The summed E-state index contributed by atoms with van der Waals surface area (Å²) in [5, 5.41) is 6.20. The second kappa shape index (κ2) is 9.46. The standard InChI is InChI=1S/C21H25ClN4O2/c1-16(20(27)23-15-17-7-5-6-10-19(17)22)24-21(28)26-13-11-25(12-14-26)18-8-3-2-4-9-18/h2-10,16H,11-15H2,1H3,(H,23,27)(H,24,28)/t16-/m0/s1. The largest absolute Gasteiger partial charge is 0.368 e. The molecule has 1 aliphatic rings. The van der Waals surface area contributed by atoms with Crippen LogP contribution in [0.25, 0.3) is 0 Å². The van der Waals surface area contributed by atoms with Gasteiger partial charge in [-0.1, -0.05) is 48.0 Å². The minimum Gasteiger partial charge on any atom is -0.368 e. The van der Waals surface area contributed by atoms with E-state index in [1.165, 1.54) is 0 Å². The summed E-state index contributed by atoms with van der Waals surface area (Å²) in [7, 11) is 0. The molecule has 0 radical (unpaired) electrons. The predicted octanol–water partition coefficient (Wildman–Crippen LogP) is 2.88. The van der Waals surface area contributed by atoms with Crippen LogP contribution in [0.3, 0.4) is 0 Å². The second-order valence-corrected chi connectivity index (χ2v) is 7.20. The number of carbonyl (C=O) groups is 2. The number of rotatable bonds is 5. The van der Waals surface area contributed by atoms with Gasteiger partial charge < -0.3 is 20.4 Å². The van der Waals surface area contributed by atoms with E-state index in [1.807, 2.05) is 36.4 Å². The Morgan fingerprint density at radius 2 is 1.64 bits per heavy atom. The van der Waals surface area contributed by atoms with Crippen LogP contribution >= 0.6 is 11.6 Å². The number of amides is 3. The first kappa shape index (κ1) is 20.0. The summed E-state index contributed by atoms with van der Waals surface area (Å²) in [6.07, 6.45) is 0. The summed E-state index contributed by atoms with van der Waals surface area (Å²) in [4.78, 5) is 28.8. The van der Waals surface area contributed by atoms with Crippen molar-refractivity contribution in [3.05, 3.63) is 65.2 Å². The van der Waals surface area contributed by atoms with Crippen molar-refractivity contribution in [1.82, 2.24) is 15.5 Å². The number of carbonyl (C=O) groups excluding carboxylic acids is 2. The highest BCUT2D eigenvalue weighted by atomic mass is 35.5. The molecular formula is C21H25ClN4O2. The first-order valence-electron chi connectivity index (χ1n) is 9.41. The summed E-state index contributed by atoms with van der Waals surface area (Å²) < 4.78 is 0. The number of halogens is 1. The van der Waals surface area contributed by atoms with Crippen molar-refractivity contribution in [3.8, 4) is 0 Å². The van der Waals surface area contributed by atoms with Gasteiger partial charge in [0.15, 0.2) is 0 Å². The van der Waals surface area contributed by atoms with E-state index in [9.17, 15) is 9.59 Å². The zero-order valence-electron chi connectivity index (χ0n) is 15.9. The van der Waals surface area contributed by atoms with E-state index < -0.39 is 6.04 Å². The third-order valence-electron chi connectivity index (χ3n) is 4.83. The molecule has 2 aromatic rings. The molecule has 0 spiro atoms. The van der Waals surface area contributed by atoms with E-state index in [0.717, 1.165) is 24.3 Å². The number of piperazine rings is 1. The molecule has 1 atom stereocenters. The van der Waals surface area contributed by atoms with Crippen molar-refractivity contribution in [2.75, 3.05) is 31.1 Å². The third-order valence-corrected chi connectivity index (χ3v) is 5.20. The molecule has 148 valence electrons. The number of hydrogen-bond acceptors (Lipinski definition) is 3. The Morgan fingerprint density at radius 1 is 1.00 bits per heavy atom. The van der Waals surface area contributed by atoms with Crippen molar-refractivity contribution < 1.29 is 9.59 Å². The third kappa shape index (κ3) is 5.16. The van der Waals surface area contributed by atoms with E-state index >= 15 is 0 Å². The number of hydrogen-bond donors (Lipinski definition) is 2. The molecule has 0 aromatic heterocycles. The lowest BCUT2D eigenvalue weighted by molar-refractivity contribution is -0.122. The van der Waals surface area contributed by atoms with Gasteiger partial charge in [-0.3, -0.25) is 4.79 Å². The number of urea groups is 1. The molecule has 0 unspecified atom stereocenters. The molecule has 3 amide bonds. The lowest BCUT2D eigenvalue weighted by Gasteiger charge is -2.36. The average Bonchev–Trinajstić information content (AvgIpc) is 2.73. The fraction of sp³-hybridized carbons (Fsp3) is 0.333. The van der Waals surface area contributed by atoms with Gasteiger partial charge in [0.2, 0.25) is 5.91 Å². The Morgan fingerprint density at radius 3 is 2.32 bits per heavy atom. The molecule has 0 saturated carbocycles. The molecule has 2 aromatic carbocycles. The van der Waals surface area contributed by atoms with Crippen molar-refractivity contribution >= 4 is 29.2 Å². The second-order valence-electron chi connectivity index (χ2n) is 6.79. The summed E-state index contributed by atoms with van der Waals surface area (Å²) in [5.41, 5.74) is 2.00. The van der Waals surface area contributed by atoms with Gasteiger partial charge in [0.05, 0.1) is 0 Å². The highest BCUT2D eigenvalue weighted by molar-refractivity contribution is 6.31. The molecular weight excluding hydrogens is 376 g/mol. The Labute approximate surface area is 170 Å². The number of anilines is 1. The van der Waals surface area contributed by atoms with Crippen molar-refractivity contribution in [2.24, 2.45) is 0 Å². The first-order chi connectivity index (χ1) is 13.5. The van der Waals surface area contributed by atoms with E-state index in [0.29, 0.717) is 24.7 Å². The Bertz CT molecular complexity index is 807. The topological polar surface area (TPSA) is 64.7 Å². The van der Waals surface area contributed by atoms with Crippen molar-refractivity contribution in [3.63, 3.8) is 0 Å². The van der Waals surface area contributed by atoms with Gasteiger partial charge in [-0.05, 0) is 30.7 Å². The maximum absolute atomic E-state index is 12.5. The van der Waals surface area contributed by atoms with Crippen LogP contribution < -0.4 is 15.5 Å². The fourth-order valence-corrected chi connectivity index (χ4v) is 3.33. The lowest BCUT2D eigenvalue weighted by atomic mass is 10.2. The quantitative estimate of drug-likeness (QED) is 0.811. The van der Waals surface area contributed by atoms with Crippen LogP contribution in [0.2, 0.25) is 5.02 Å². The van der Waals surface area contributed by atoms with Crippen LogP contribution in [0.4, 0.5) is 10.5 Å². The van der Waals surface area contributed by atoms with Crippen LogP contribution in [-0.4, -0.2) is 49.1 Å². The number of para-hydroxylation sites is 1.